The quantitative estimate of drug-likeness (QED) is 0.912. The van der Waals surface area contributed by atoms with Crippen LogP contribution in [0.5, 0.6) is 0 Å². The standard InChI is InChI=1S/C16H22N4OS.ClH/c1-2-15(22-9-1)16-18-13(12-21-16)10-19-6-3-14(11-19)20-7-4-17-5-8-20;/h1-2,9,12,14,17H,3-8,10-11H2;1H. The Labute approximate surface area is 147 Å². The smallest absolute Gasteiger partial charge is 0.236 e. The summed E-state index contributed by atoms with van der Waals surface area (Å²) in [5.41, 5.74) is 1.05. The number of piperazine rings is 1. The molecule has 0 saturated carbocycles. The summed E-state index contributed by atoms with van der Waals surface area (Å²) in [6.07, 6.45) is 3.09. The summed E-state index contributed by atoms with van der Waals surface area (Å²) in [5, 5.41) is 5.48. The average Bonchev–Trinajstić information content (AvgIpc) is 3.30. The third-order valence-corrected chi connectivity index (χ3v) is 5.44. The first kappa shape index (κ1) is 16.9. The number of nitrogens with zero attached hydrogens (tertiary/aromatic N) is 3. The molecule has 23 heavy (non-hydrogen) atoms. The third kappa shape index (κ3) is 3.95. The largest absolute Gasteiger partial charge is 0.444 e. The van der Waals surface area contributed by atoms with E-state index in [9.17, 15) is 0 Å². The molecule has 2 aliphatic rings. The van der Waals surface area contributed by atoms with E-state index >= 15 is 0 Å². The molecule has 0 spiro atoms. The average molecular weight is 355 g/mol. The lowest BCUT2D eigenvalue weighted by molar-refractivity contribution is 0.170. The van der Waals surface area contributed by atoms with Crippen molar-refractivity contribution in [2.75, 3.05) is 39.3 Å². The maximum Gasteiger partial charge on any atom is 0.236 e. The van der Waals surface area contributed by atoms with Gasteiger partial charge in [-0.1, -0.05) is 6.07 Å². The predicted molar refractivity (Wildman–Crippen MR) is 95.2 cm³/mol. The number of thiophene rings is 1. The molecule has 2 aliphatic heterocycles. The molecule has 1 unspecified atom stereocenters. The number of rotatable bonds is 4. The van der Waals surface area contributed by atoms with Crippen LogP contribution >= 0.6 is 23.7 Å². The van der Waals surface area contributed by atoms with Gasteiger partial charge in [0.15, 0.2) is 0 Å². The molecule has 1 atom stereocenters. The van der Waals surface area contributed by atoms with Gasteiger partial charge in [0.1, 0.15) is 6.26 Å². The fraction of sp³-hybridized carbons (Fsp3) is 0.562. The van der Waals surface area contributed by atoms with Crippen molar-refractivity contribution >= 4 is 23.7 Å². The maximum atomic E-state index is 5.62. The number of nitrogens with one attached hydrogen (secondary N) is 1. The van der Waals surface area contributed by atoms with Crippen LogP contribution in [-0.2, 0) is 6.54 Å². The van der Waals surface area contributed by atoms with Crippen molar-refractivity contribution in [1.82, 2.24) is 20.1 Å². The Morgan fingerprint density at radius 1 is 1.30 bits per heavy atom. The van der Waals surface area contributed by atoms with E-state index in [1.54, 1.807) is 11.3 Å². The molecule has 4 rings (SSSR count). The second kappa shape index (κ2) is 7.77. The highest BCUT2D eigenvalue weighted by Crippen LogP contribution is 2.25. The lowest BCUT2D eigenvalue weighted by Crippen LogP contribution is -2.49. The molecule has 2 fully saturated rings. The first-order valence-electron chi connectivity index (χ1n) is 8.04. The van der Waals surface area contributed by atoms with Crippen molar-refractivity contribution in [2.24, 2.45) is 0 Å². The lowest BCUT2D eigenvalue weighted by atomic mass is 10.2. The van der Waals surface area contributed by atoms with Crippen molar-refractivity contribution in [1.29, 1.82) is 0 Å². The van der Waals surface area contributed by atoms with Gasteiger partial charge in [-0.25, -0.2) is 4.98 Å². The number of halogens is 1. The number of likely N-dealkylation sites (tertiary alicyclic amines) is 1. The van der Waals surface area contributed by atoms with Gasteiger partial charge in [-0.2, -0.15) is 0 Å². The van der Waals surface area contributed by atoms with E-state index in [1.165, 1.54) is 19.5 Å². The number of aromatic nitrogens is 1. The SMILES string of the molecule is Cl.c1csc(-c2nc(CN3CCC(N4CCNCC4)C3)co2)c1. The van der Waals surface area contributed by atoms with Crippen molar-refractivity contribution < 1.29 is 4.42 Å². The van der Waals surface area contributed by atoms with Crippen LogP contribution in [0, 0.1) is 0 Å². The fourth-order valence-corrected chi connectivity index (χ4v) is 4.08. The summed E-state index contributed by atoms with van der Waals surface area (Å²) in [6, 6.07) is 4.80. The van der Waals surface area contributed by atoms with E-state index in [4.69, 9.17) is 4.42 Å². The Morgan fingerprint density at radius 2 is 2.17 bits per heavy atom. The molecule has 2 aromatic heterocycles. The highest BCUT2D eigenvalue weighted by molar-refractivity contribution is 7.13. The fourth-order valence-electron chi connectivity index (χ4n) is 3.42. The molecule has 5 nitrogen and oxygen atoms in total. The minimum atomic E-state index is 0. The highest BCUT2D eigenvalue weighted by Gasteiger charge is 2.28. The summed E-state index contributed by atoms with van der Waals surface area (Å²) >= 11 is 1.67. The first-order chi connectivity index (χ1) is 10.9. The minimum absolute atomic E-state index is 0. The molecule has 4 heterocycles. The number of hydrogen-bond acceptors (Lipinski definition) is 6. The summed E-state index contributed by atoms with van der Waals surface area (Å²) in [5.74, 6) is 0.753. The van der Waals surface area contributed by atoms with Crippen LogP contribution in [0.1, 0.15) is 12.1 Å². The minimum Gasteiger partial charge on any atom is -0.444 e. The van der Waals surface area contributed by atoms with Gasteiger partial charge in [0, 0.05) is 51.9 Å². The molecule has 2 aromatic rings. The van der Waals surface area contributed by atoms with Gasteiger partial charge in [-0.05, 0) is 17.9 Å². The molecule has 0 aromatic carbocycles. The molecule has 7 heteroatoms. The zero-order chi connectivity index (χ0) is 14.8. The zero-order valence-corrected chi connectivity index (χ0v) is 14.7. The van der Waals surface area contributed by atoms with Crippen LogP contribution < -0.4 is 5.32 Å². The Balaban J connectivity index is 0.00000156. The van der Waals surface area contributed by atoms with Gasteiger partial charge >= 0.3 is 0 Å². The normalized spacial score (nSPS) is 23.0. The molecule has 126 valence electrons. The van der Waals surface area contributed by atoms with Crippen molar-refractivity contribution in [3.8, 4) is 10.8 Å². The van der Waals surface area contributed by atoms with Crippen LogP contribution in [0.4, 0.5) is 0 Å². The monoisotopic (exact) mass is 354 g/mol. The van der Waals surface area contributed by atoms with Crippen LogP contribution in [0.2, 0.25) is 0 Å². The van der Waals surface area contributed by atoms with Crippen molar-refractivity contribution in [2.45, 2.75) is 19.0 Å². The number of oxazole rings is 1. The van der Waals surface area contributed by atoms with Gasteiger partial charge in [-0.3, -0.25) is 9.80 Å². The second-order valence-electron chi connectivity index (χ2n) is 6.08. The summed E-state index contributed by atoms with van der Waals surface area (Å²) in [7, 11) is 0. The van der Waals surface area contributed by atoms with E-state index in [0.717, 1.165) is 49.2 Å². The van der Waals surface area contributed by atoms with Crippen LogP contribution in [0.15, 0.2) is 28.2 Å². The lowest BCUT2D eigenvalue weighted by Gasteiger charge is -2.32. The molecule has 1 N–H and O–H groups in total. The van der Waals surface area contributed by atoms with Gasteiger partial charge in [0.2, 0.25) is 5.89 Å². The molecule has 0 radical (unpaired) electrons. The highest BCUT2D eigenvalue weighted by atomic mass is 35.5. The Bertz CT molecular complexity index is 597. The maximum absolute atomic E-state index is 5.62. The van der Waals surface area contributed by atoms with Crippen molar-refractivity contribution in [3.05, 3.63) is 29.5 Å². The summed E-state index contributed by atoms with van der Waals surface area (Å²) in [6.45, 7) is 7.85. The second-order valence-corrected chi connectivity index (χ2v) is 7.03. The molecular formula is C16H23ClN4OS. The van der Waals surface area contributed by atoms with Crippen LogP contribution in [0.3, 0.4) is 0 Å². The van der Waals surface area contributed by atoms with E-state index < -0.39 is 0 Å². The predicted octanol–water partition coefficient (Wildman–Crippen LogP) is 2.30. The molecule has 0 bridgehead atoms. The Hall–Kier alpha value is -0.920. The van der Waals surface area contributed by atoms with Crippen molar-refractivity contribution in [3.63, 3.8) is 0 Å². The molecule has 0 aliphatic carbocycles. The molecule has 2 saturated heterocycles. The van der Waals surface area contributed by atoms with Crippen LogP contribution in [0.25, 0.3) is 10.8 Å². The van der Waals surface area contributed by atoms with Gasteiger partial charge in [-0.15, -0.1) is 23.7 Å². The van der Waals surface area contributed by atoms with E-state index in [1.807, 2.05) is 12.3 Å². The summed E-state index contributed by atoms with van der Waals surface area (Å²) < 4.78 is 5.62. The topological polar surface area (TPSA) is 44.5 Å². The van der Waals surface area contributed by atoms with Crippen LogP contribution in [-0.4, -0.2) is 60.1 Å². The molecular weight excluding hydrogens is 332 g/mol. The van der Waals surface area contributed by atoms with Gasteiger partial charge < -0.3 is 9.73 Å². The summed E-state index contributed by atoms with van der Waals surface area (Å²) in [4.78, 5) is 10.9. The van der Waals surface area contributed by atoms with Gasteiger partial charge in [0.05, 0.1) is 10.6 Å². The number of hydrogen-bond donors (Lipinski definition) is 1. The van der Waals surface area contributed by atoms with E-state index in [0.29, 0.717) is 6.04 Å². The first-order valence-corrected chi connectivity index (χ1v) is 8.92. The zero-order valence-electron chi connectivity index (χ0n) is 13.1. The van der Waals surface area contributed by atoms with E-state index in [-0.39, 0.29) is 12.4 Å². The van der Waals surface area contributed by atoms with E-state index in [2.05, 4.69) is 31.5 Å². The third-order valence-electron chi connectivity index (χ3n) is 4.58. The Morgan fingerprint density at radius 3 is 2.96 bits per heavy atom. The van der Waals surface area contributed by atoms with Gasteiger partial charge in [0.25, 0.3) is 0 Å². The molecule has 0 amide bonds. The Kier molecular flexibility index (Phi) is 5.71.